The lowest BCUT2D eigenvalue weighted by Crippen LogP contribution is -2.24. The Labute approximate surface area is 186 Å². The average Bonchev–Trinajstić information content (AvgIpc) is 3.12. The molecule has 0 aliphatic carbocycles. The lowest BCUT2D eigenvalue weighted by atomic mass is 10.2. The number of thioether (sulfide) groups is 1. The van der Waals surface area contributed by atoms with Crippen LogP contribution in [0.2, 0.25) is 5.02 Å². The summed E-state index contributed by atoms with van der Waals surface area (Å²) in [6.07, 6.45) is 0. The maximum absolute atomic E-state index is 12.8. The number of hydrogen-bond donors (Lipinski definition) is 1. The molecule has 2 aromatic carbocycles. The van der Waals surface area contributed by atoms with E-state index in [4.69, 9.17) is 11.6 Å². The minimum atomic E-state index is -0.359. The number of benzene rings is 2. The number of rotatable bonds is 7. The number of hydrogen-bond acceptors (Lipinski definition) is 5. The predicted molar refractivity (Wildman–Crippen MR) is 124 cm³/mol. The Morgan fingerprint density at radius 2 is 1.77 bits per heavy atom. The van der Waals surface area contributed by atoms with Crippen LogP contribution in [0.15, 0.2) is 53.7 Å². The molecule has 158 valence electrons. The molecule has 3 aromatic rings. The monoisotopic (exact) mass is 443 g/mol. The Morgan fingerprint density at radius 3 is 2.40 bits per heavy atom. The number of para-hydroxylation sites is 1. The Bertz CT molecular complexity index is 1020. The van der Waals surface area contributed by atoms with Crippen LogP contribution in [-0.4, -0.2) is 44.9 Å². The Kier molecular flexibility index (Phi) is 7.18. The van der Waals surface area contributed by atoms with E-state index in [-0.39, 0.29) is 17.2 Å². The maximum Gasteiger partial charge on any atom is 0.237 e. The fraction of sp³-hybridized carbons (Fsp3) is 0.318. The van der Waals surface area contributed by atoms with E-state index in [2.05, 4.69) is 27.3 Å². The summed E-state index contributed by atoms with van der Waals surface area (Å²) in [5.41, 5.74) is 2.74. The second-order valence-corrected chi connectivity index (χ2v) is 9.10. The zero-order valence-electron chi connectivity index (χ0n) is 17.8. The number of carbonyl (C=O) groups excluding carboxylic acids is 1. The topological polar surface area (TPSA) is 63.1 Å². The van der Waals surface area contributed by atoms with Crippen LogP contribution in [0.3, 0.4) is 0 Å². The van der Waals surface area contributed by atoms with Gasteiger partial charge in [-0.2, -0.15) is 0 Å². The molecule has 3 rings (SSSR count). The molecule has 0 fully saturated rings. The van der Waals surface area contributed by atoms with E-state index in [0.717, 1.165) is 22.8 Å². The highest BCUT2D eigenvalue weighted by molar-refractivity contribution is 8.00. The smallest absolute Gasteiger partial charge is 0.237 e. The van der Waals surface area contributed by atoms with Crippen molar-refractivity contribution in [2.24, 2.45) is 0 Å². The number of aromatic nitrogens is 3. The molecule has 0 aliphatic heterocycles. The van der Waals surface area contributed by atoms with Crippen molar-refractivity contribution in [2.75, 3.05) is 19.4 Å². The number of anilines is 1. The summed E-state index contributed by atoms with van der Waals surface area (Å²) in [6, 6.07) is 15.3. The van der Waals surface area contributed by atoms with Crippen LogP contribution in [-0.2, 0) is 4.79 Å². The SMILES string of the molecule is Cc1ccccc1NC(=O)C(C)Sc1nnc(C(C)N(C)C)n1-c1ccc(Cl)cc1. The van der Waals surface area contributed by atoms with Crippen LogP contribution in [0.4, 0.5) is 5.69 Å². The number of carbonyl (C=O) groups is 1. The molecule has 2 atom stereocenters. The second-order valence-electron chi connectivity index (χ2n) is 7.36. The van der Waals surface area contributed by atoms with Crippen molar-refractivity contribution in [3.8, 4) is 5.69 Å². The van der Waals surface area contributed by atoms with E-state index in [1.54, 1.807) is 0 Å². The minimum absolute atomic E-state index is 0.0404. The van der Waals surface area contributed by atoms with Crippen LogP contribution >= 0.6 is 23.4 Å². The third-order valence-corrected chi connectivity index (χ3v) is 6.24. The van der Waals surface area contributed by atoms with E-state index in [1.165, 1.54) is 11.8 Å². The number of halogens is 1. The molecule has 2 unspecified atom stereocenters. The van der Waals surface area contributed by atoms with Crippen molar-refractivity contribution in [1.82, 2.24) is 19.7 Å². The minimum Gasteiger partial charge on any atom is -0.325 e. The van der Waals surface area contributed by atoms with Crippen molar-refractivity contribution in [2.45, 2.75) is 37.2 Å². The van der Waals surface area contributed by atoms with E-state index in [1.807, 2.05) is 81.0 Å². The van der Waals surface area contributed by atoms with Crippen molar-refractivity contribution in [3.05, 3.63) is 64.9 Å². The fourth-order valence-electron chi connectivity index (χ4n) is 2.85. The van der Waals surface area contributed by atoms with Crippen LogP contribution < -0.4 is 5.32 Å². The third kappa shape index (κ3) is 5.03. The van der Waals surface area contributed by atoms with Crippen LogP contribution in [0.5, 0.6) is 0 Å². The molecule has 0 aliphatic rings. The average molecular weight is 444 g/mol. The molecule has 1 amide bonds. The molecule has 6 nitrogen and oxygen atoms in total. The quantitative estimate of drug-likeness (QED) is 0.522. The molecule has 1 heterocycles. The van der Waals surface area contributed by atoms with E-state index >= 15 is 0 Å². The first-order chi connectivity index (χ1) is 14.3. The summed E-state index contributed by atoms with van der Waals surface area (Å²) < 4.78 is 1.99. The summed E-state index contributed by atoms with van der Waals surface area (Å²) in [4.78, 5) is 14.9. The lowest BCUT2D eigenvalue weighted by molar-refractivity contribution is -0.115. The van der Waals surface area contributed by atoms with Gasteiger partial charge < -0.3 is 5.32 Å². The molecule has 0 radical (unpaired) electrons. The van der Waals surface area contributed by atoms with Gasteiger partial charge in [-0.25, -0.2) is 0 Å². The first-order valence-corrected chi connectivity index (χ1v) is 10.9. The largest absolute Gasteiger partial charge is 0.325 e. The zero-order valence-corrected chi connectivity index (χ0v) is 19.3. The molecule has 8 heteroatoms. The first kappa shape index (κ1) is 22.3. The van der Waals surface area contributed by atoms with Gasteiger partial charge in [0.1, 0.15) is 0 Å². The van der Waals surface area contributed by atoms with Gasteiger partial charge in [-0.1, -0.05) is 41.6 Å². The van der Waals surface area contributed by atoms with Gasteiger partial charge in [0, 0.05) is 16.4 Å². The highest BCUT2D eigenvalue weighted by Gasteiger charge is 2.24. The third-order valence-electron chi connectivity index (χ3n) is 4.95. The predicted octanol–water partition coefficient (Wildman–Crippen LogP) is 4.97. The van der Waals surface area contributed by atoms with Crippen molar-refractivity contribution < 1.29 is 4.79 Å². The molecule has 0 bridgehead atoms. The van der Waals surface area contributed by atoms with Gasteiger partial charge in [0.2, 0.25) is 5.91 Å². The van der Waals surface area contributed by atoms with Gasteiger partial charge in [0.15, 0.2) is 11.0 Å². The molecule has 0 saturated heterocycles. The molecule has 0 saturated carbocycles. The van der Waals surface area contributed by atoms with Gasteiger partial charge in [0.05, 0.1) is 11.3 Å². The fourth-order valence-corrected chi connectivity index (χ4v) is 3.85. The second kappa shape index (κ2) is 9.64. The Morgan fingerprint density at radius 1 is 1.10 bits per heavy atom. The molecule has 0 spiro atoms. The maximum atomic E-state index is 12.8. The van der Waals surface area contributed by atoms with Crippen molar-refractivity contribution in [1.29, 1.82) is 0 Å². The van der Waals surface area contributed by atoms with E-state index in [9.17, 15) is 4.79 Å². The van der Waals surface area contributed by atoms with Crippen LogP contribution in [0, 0.1) is 6.92 Å². The van der Waals surface area contributed by atoms with Gasteiger partial charge in [0.25, 0.3) is 0 Å². The Balaban J connectivity index is 1.88. The lowest BCUT2D eigenvalue weighted by Gasteiger charge is -2.21. The van der Waals surface area contributed by atoms with Crippen LogP contribution in [0.1, 0.15) is 31.3 Å². The van der Waals surface area contributed by atoms with Gasteiger partial charge in [-0.3, -0.25) is 14.3 Å². The van der Waals surface area contributed by atoms with Gasteiger partial charge >= 0.3 is 0 Å². The number of aryl methyl sites for hydroxylation is 1. The molecular formula is C22H26ClN5OS. The molecule has 1 N–H and O–H groups in total. The summed E-state index contributed by atoms with van der Waals surface area (Å²) in [5.74, 6) is 0.721. The van der Waals surface area contributed by atoms with Crippen molar-refractivity contribution >= 4 is 35.0 Å². The van der Waals surface area contributed by atoms with Crippen LogP contribution in [0.25, 0.3) is 5.69 Å². The standard InChI is InChI=1S/C22H26ClN5OS/c1-14-8-6-7-9-19(14)24-21(29)16(3)30-22-26-25-20(15(2)27(4)5)28(22)18-12-10-17(23)11-13-18/h6-13,15-16H,1-5H3,(H,24,29). The highest BCUT2D eigenvalue weighted by Crippen LogP contribution is 2.30. The van der Waals surface area contributed by atoms with Crippen molar-refractivity contribution in [3.63, 3.8) is 0 Å². The number of nitrogens with zero attached hydrogens (tertiary/aromatic N) is 4. The molecule has 30 heavy (non-hydrogen) atoms. The van der Waals surface area contributed by atoms with E-state index in [0.29, 0.717) is 10.2 Å². The summed E-state index contributed by atoms with van der Waals surface area (Å²) in [5, 5.41) is 12.8. The molecule has 1 aromatic heterocycles. The number of amides is 1. The summed E-state index contributed by atoms with van der Waals surface area (Å²) in [7, 11) is 3.99. The zero-order chi connectivity index (χ0) is 21.8. The molecular weight excluding hydrogens is 418 g/mol. The summed E-state index contributed by atoms with van der Waals surface area (Å²) in [6.45, 7) is 5.91. The Hall–Kier alpha value is -2.35. The summed E-state index contributed by atoms with van der Waals surface area (Å²) >= 11 is 7.45. The highest BCUT2D eigenvalue weighted by atomic mass is 35.5. The number of nitrogens with one attached hydrogen (secondary N) is 1. The first-order valence-electron chi connectivity index (χ1n) is 9.68. The van der Waals surface area contributed by atoms with Gasteiger partial charge in [-0.05, 0) is 70.8 Å². The normalized spacial score (nSPS) is 13.3. The van der Waals surface area contributed by atoms with E-state index < -0.39 is 0 Å². The van der Waals surface area contributed by atoms with Gasteiger partial charge in [-0.15, -0.1) is 10.2 Å².